The van der Waals surface area contributed by atoms with Gasteiger partial charge < -0.3 is 5.32 Å². The molecule has 0 saturated carbocycles. The monoisotopic (exact) mass is 290 g/mol. The average molecular weight is 290 g/mol. The summed E-state index contributed by atoms with van der Waals surface area (Å²) in [5.74, 6) is -0.502. The van der Waals surface area contributed by atoms with Crippen LogP contribution in [-0.4, -0.2) is 18.7 Å². The number of nitrogens with zero attached hydrogens (tertiary/aromatic N) is 1. The topological polar surface area (TPSA) is 42.0 Å². The SMILES string of the molecule is [B]c1cc(NC(=O)c2cccc(C(F)(F)F)c2)ncc1C. The molecule has 1 aromatic carbocycles. The number of hydrogen-bond donors (Lipinski definition) is 1. The van der Waals surface area contributed by atoms with E-state index in [9.17, 15) is 18.0 Å². The molecule has 2 rings (SSSR count). The molecule has 3 nitrogen and oxygen atoms in total. The molecule has 0 aliphatic rings. The van der Waals surface area contributed by atoms with E-state index in [0.717, 1.165) is 17.7 Å². The third kappa shape index (κ3) is 3.62. The first-order valence-corrected chi connectivity index (χ1v) is 5.98. The van der Waals surface area contributed by atoms with Crippen molar-refractivity contribution in [3.8, 4) is 0 Å². The smallest absolute Gasteiger partial charge is 0.307 e. The number of carbonyl (C=O) groups excluding carboxylic acids is 1. The van der Waals surface area contributed by atoms with E-state index in [2.05, 4.69) is 10.3 Å². The Bertz CT molecular complexity index is 686. The molecular formula is C14H10BF3N2O. The van der Waals surface area contributed by atoms with Crippen molar-refractivity contribution in [3.05, 3.63) is 53.2 Å². The molecule has 106 valence electrons. The number of alkyl halides is 3. The number of rotatable bonds is 2. The lowest BCUT2D eigenvalue weighted by Crippen LogP contribution is -2.17. The number of halogens is 3. The van der Waals surface area contributed by atoms with E-state index >= 15 is 0 Å². The van der Waals surface area contributed by atoms with Crippen molar-refractivity contribution in [2.45, 2.75) is 13.1 Å². The molecule has 0 saturated heterocycles. The summed E-state index contributed by atoms with van der Waals surface area (Å²) in [4.78, 5) is 15.9. The van der Waals surface area contributed by atoms with Gasteiger partial charge >= 0.3 is 6.18 Å². The average Bonchev–Trinajstić information content (AvgIpc) is 2.42. The zero-order chi connectivity index (χ0) is 15.6. The Kier molecular flexibility index (Phi) is 4.02. The highest BCUT2D eigenvalue weighted by Gasteiger charge is 2.30. The molecule has 0 spiro atoms. The predicted molar refractivity (Wildman–Crippen MR) is 73.8 cm³/mol. The Morgan fingerprint density at radius 3 is 2.62 bits per heavy atom. The first-order valence-electron chi connectivity index (χ1n) is 5.98. The molecular weight excluding hydrogens is 280 g/mol. The number of aryl methyl sites for hydroxylation is 1. The molecule has 7 heteroatoms. The number of amides is 1. The van der Waals surface area contributed by atoms with Crippen molar-refractivity contribution >= 4 is 25.0 Å². The van der Waals surface area contributed by atoms with E-state index in [4.69, 9.17) is 7.85 Å². The van der Waals surface area contributed by atoms with Gasteiger partial charge in [0.15, 0.2) is 0 Å². The molecule has 1 N–H and O–H groups in total. The van der Waals surface area contributed by atoms with Crippen molar-refractivity contribution in [1.29, 1.82) is 0 Å². The van der Waals surface area contributed by atoms with Gasteiger partial charge in [-0.3, -0.25) is 4.79 Å². The fourth-order valence-corrected chi connectivity index (χ4v) is 1.63. The Morgan fingerprint density at radius 1 is 1.29 bits per heavy atom. The summed E-state index contributed by atoms with van der Waals surface area (Å²) >= 11 is 0. The van der Waals surface area contributed by atoms with Crippen LogP contribution in [0.25, 0.3) is 0 Å². The summed E-state index contributed by atoms with van der Waals surface area (Å²) in [6.07, 6.45) is -3.03. The highest BCUT2D eigenvalue weighted by molar-refractivity contribution is 6.33. The minimum absolute atomic E-state index is 0.106. The minimum Gasteiger partial charge on any atom is -0.307 e. The van der Waals surface area contributed by atoms with Gasteiger partial charge in [-0.2, -0.15) is 13.2 Å². The number of benzene rings is 1. The summed E-state index contributed by atoms with van der Waals surface area (Å²) in [6.45, 7) is 1.75. The number of hydrogen-bond acceptors (Lipinski definition) is 2. The van der Waals surface area contributed by atoms with Crippen molar-refractivity contribution in [2.24, 2.45) is 0 Å². The highest BCUT2D eigenvalue weighted by atomic mass is 19.4. The molecule has 21 heavy (non-hydrogen) atoms. The standard InChI is InChI=1S/C14H10BF3N2O/c1-8-7-19-12(6-11(8)15)20-13(21)9-3-2-4-10(5-9)14(16,17)18/h2-7H,1H3,(H,19,20,21). The van der Waals surface area contributed by atoms with Crippen LogP contribution >= 0.6 is 0 Å². The van der Waals surface area contributed by atoms with Crippen LogP contribution in [0.1, 0.15) is 21.5 Å². The van der Waals surface area contributed by atoms with Crippen molar-refractivity contribution in [1.82, 2.24) is 4.98 Å². The number of nitrogens with one attached hydrogen (secondary N) is 1. The van der Waals surface area contributed by atoms with E-state index in [1.165, 1.54) is 24.4 Å². The van der Waals surface area contributed by atoms with Crippen LogP contribution < -0.4 is 10.8 Å². The molecule has 0 unspecified atom stereocenters. The molecule has 0 aliphatic heterocycles. The van der Waals surface area contributed by atoms with E-state index in [-0.39, 0.29) is 11.4 Å². The largest absolute Gasteiger partial charge is 0.416 e. The van der Waals surface area contributed by atoms with Crippen LogP contribution in [0.15, 0.2) is 36.5 Å². The lowest BCUT2D eigenvalue weighted by atomic mass is 9.93. The fraction of sp³-hybridized carbons (Fsp3) is 0.143. The molecule has 0 bridgehead atoms. The third-order valence-electron chi connectivity index (χ3n) is 2.84. The van der Waals surface area contributed by atoms with Gasteiger partial charge in [-0.15, -0.1) is 0 Å². The number of aromatic nitrogens is 1. The molecule has 1 heterocycles. The lowest BCUT2D eigenvalue weighted by molar-refractivity contribution is -0.137. The van der Waals surface area contributed by atoms with Crippen molar-refractivity contribution in [3.63, 3.8) is 0 Å². The second-order valence-corrected chi connectivity index (χ2v) is 4.46. The van der Waals surface area contributed by atoms with Gasteiger partial charge in [-0.1, -0.05) is 11.5 Å². The maximum absolute atomic E-state index is 12.6. The molecule has 2 radical (unpaired) electrons. The molecule has 1 aromatic heterocycles. The molecule has 0 atom stereocenters. The van der Waals surface area contributed by atoms with Crippen LogP contribution in [-0.2, 0) is 6.18 Å². The Labute approximate surface area is 120 Å². The Balaban J connectivity index is 2.22. The normalized spacial score (nSPS) is 11.2. The second-order valence-electron chi connectivity index (χ2n) is 4.46. The van der Waals surface area contributed by atoms with Gasteiger partial charge in [0.1, 0.15) is 13.7 Å². The maximum atomic E-state index is 12.6. The fourth-order valence-electron chi connectivity index (χ4n) is 1.63. The summed E-state index contributed by atoms with van der Waals surface area (Å²) < 4.78 is 37.8. The number of carbonyl (C=O) groups is 1. The molecule has 2 aromatic rings. The van der Waals surface area contributed by atoms with Crippen molar-refractivity contribution < 1.29 is 18.0 Å². The molecule has 0 aliphatic carbocycles. The summed E-state index contributed by atoms with van der Waals surface area (Å²) in [5.41, 5.74) is 0.189. The van der Waals surface area contributed by atoms with Gasteiger partial charge in [-0.05, 0) is 36.8 Å². The van der Waals surface area contributed by atoms with Crippen LogP contribution in [0, 0.1) is 6.92 Å². The minimum atomic E-state index is -4.50. The predicted octanol–water partition coefficient (Wildman–Crippen LogP) is 2.45. The van der Waals surface area contributed by atoms with Crippen LogP contribution in [0.3, 0.4) is 0 Å². The molecule has 0 fully saturated rings. The Hall–Kier alpha value is -2.31. The van der Waals surface area contributed by atoms with Gasteiger partial charge in [0.05, 0.1) is 5.56 Å². The van der Waals surface area contributed by atoms with Gasteiger partial charge in [-0.25, -0.2) is 4.98 Å². The Morgan fingerprint density at radius 2 is 2.00 bits per heavy atom. The highest BCUT2D eigenvalue weighted by Crippen LogP contribution is 2.29. The maximum Gasteiger partial charge on any atom is 0.416 e. The van der Waals surface area contributed by atoms with Crippen molar-refractivity contribution in [2.75, 3.05) is 5.32 Å². The van der Waals surface area contributed by atoms with E-state index < -0.39 is 17.6 Å². The van der Waals surface area contributed by atoms with E-state index in [1.807, 2.05) is 0 Å². The van der Waals surface area contributed by atoms with E-state index in [0.29, 0.717) is 5.46 Å². The summed E-state index contributed by atoms with van der Waals surface area (Å²) in [7, 11) is 5.68. The zero-order valence-corrected chi connectivity index (χ0v) is 11.0. The summed E-state index contributed by atoms with van der Waals surface area (Å²) in [6, 6.07) is 5.60. The van der Waals surface area contributed by atoms with Crippen LogP contribution in [0.2, 0.25) is 0 Å². The van der Waals surface area contributed by atoms with Gasteiger partial charge in [0.25, 0.3) is 5.91 Å². The van der Waals surface area contributed by atoms with Crippen LogP contribution in [0.5, 0.6) is 0 Å². The first kappa shape index (κ1) is 15.1. The summed E-state index contributed by atoms with van der Waals surface area (Å²) in [5, 5.41) is 2.41. The van der Waals surface area contributed by atoms with Crippen LogP contribution in [0.4, 0.5) is 19.0 Å². The molecule has 1 amide bonds. The number of pyridine rings is 1. The number of anilines is 1. The quantitative estimate of drug-likeness (QED) is 0.863. The zero-order valence-electron chi connectivity index (χ0n) is 11.0. The van der Waals surface area contributed by atoms with Gasteiger partial charge in [0.2, 0.25) is 0 Å². The van der Waals surface area contributed by atoms with Gasteiger partial charge in [0, 0.05) is 11.8 Å². The van der Waals surface area contributed by atoms with E-state index in [1.54, 1.807) is 6.92 Å². The second kappa shape index (κ2) is 5.59. The third-order valence-corrected chi connectivity index (χ3v) is 2.84. The first-order chi connectivity index (χ1) is 9.77. The lowest BCUT2D eigenvalue weighted by Gasteiger charge is -2.09.